The van der Waals surface area contributed by atoms with Gasteiger partial charge in [0.2, 0.25) is 0 Å². The fraction of sp³-hybridized carbons (Fsp3) is 0.286. The molecule has 1 rings (SSSR count). The van der Waals surface area contributed by atoms with Crippen molar-refractivity contribution in [1.29, 1.82) is 0 Å². The Morgan fingerprint density at radius 3 is 2.27 bits per heavy atom. The largest absolute Gasteiger partial charge is 0.480 e. The van der Waals surface area contributed by atoms with Gasteiger partial charge in [-0.25, -0.2) is 9.59 Å². The van der Waals surface area contributed by atoms with Gasteiger partial charge in [0.05, 0.1) is 15.1 Å². The molecule has 0 heterocycles. The number of hydrogen-bond donors (Lipinski definition) is 0. The highest BCUT2D eigenvalue weighted by molar-refractivity contribution is 6.43. The van der Waals surface area contributed by atoms with Gasteiger partial charge in [0, 0.05) is 11.6 Å². The van der Waals surface area contributed by atoms with Crippen LogP contribution in [0.15, 0.2) is 24.3 Å². The van der Waals surface area contributed by atoms with Crippen LogP contribution in [0.5, 0.6) is 5.75 Å². The fourth-order valence-corrected chi connectivity index (χ4v) is 1.80. The van der Waals surface area contributed by atoms with E-state index in [-0.39, 0.29) is 46.2 Å². The molecule has 0 aliphatic rings. The smallest absolute Gasteiger partial charge is 0.344 e. The summed E-state index contributed by atoms with van der Waals surface area (Å²) < 4.78 is 14.7. The minimum atomic E-state index is -0.645. The third-order valence-corrected chi connectivity index (χ3v) is 3.27. The highest BCUT2D eigenvalue weighted by Crippen LogP contribution is 2.33. The zero-order chi connectivity index (χ0) is 16.7. The molecule has 0 saturated carbocycles. The molecule has 1 aromatic carbocycles. The molecule has 0 N–H and O–H groups in total. The van der Waals surface area contributed by atoms with E-state index in [0.29, 0.717) is 0 Å². The molecule has 22 heavy (non-hydrogen) atoms. The monoisotopic (exact) mass is 366 g/mol. The lowest BCUT2D eigenvalue weighted by molar-refractivity contribution is -0.151. The molecule has 0 amide bonds. The molecule has 5 nitrogen and oxygen atoms in total. The van der Waals surface area contributed by atoms with Crippen LogP contribution in [0.4, 0.5) is 0 Å². The lowest BCUT2D eigenvalue weighted by Crippen LogP contribution is -2.19. The van der Waals surface area contributed by atoms with Crippen molar-refractivity contribution in [3.8, 4) is 5.75 Å². The van der Waals surface area contributed by atoms with Crippen molar-refractivity contribution in [2.24, 2.45) is 0 Å². The van der Waals surface area contributed by atoms with Crippen molar-refractivity contribution in [3.63, 3.8) is 0 Å². The first kappa shape index (κ1) is 18.6. The van der Waals surface area contributed by atoms with E-state index >= 15 is 0 Å². The fourth-order valence-electron chi connectivity index (χ4n) is 1.21. The number of hydrogen-bond acceptors (Lipinski definition) is 5. The second-order valence-corrected chi connectivity index (χ2v) is 5.34. The Labute approximate surface area is 142 Å². The maximum atomic E-state index is 11.5. The lowest BCUT2D eigenvalue weighted by Gasteiger charge is -2.09. The van der Waals surface area contributed by atoms with E-state index in [1.54, 1.807) is 0 Å². The Hall–Kier alpha value is -1.43. The van der Waals surface area contributed by atoms with E-state index in [0.717, 1.165) is 0 Å². The van der Waals surface area contributed by atoms with Gasteiger partial charge >= 0.3 is 11.9 Å². The first-order valence-corrected chi connectivity index (χ1v) is 7.20. The van der Waals surface area contributed by atoms with Gasteiger partial charge in [0.15, 0.2) is 6.61 Å². The first-order chi connectivity index (χ1) is 10.3. The van der Waals surface area contributed by atoms with Gasteiger partial charge in [-0.1, -0.05) is 41.4 Å². The number of carbonyl (C=O) groups is 2. The minimum absolute atomic E-state index is 0.0645. The van der Waals surface area contributed by atoms with Crippen LogP contribution in [0, 0.1) is 0 Å². The topological polar surface area (TPSA) is 61.8 Å². The van der Waals surface area contributed by atoms with Crippen LogP contribution in [0.25, 0.3) is 0 Å². The van der Waals surface area contributed by atoms with E-state index in [4.69, 9.17) is 49.0 Å². The van der Waals surface area contributed by atoms with Crippen LogP contribution in [0.2, 0.25) is 15.1 Å². The van der Waals surface area contributed by atoms with Gasteiger partial charge in [0.1, 0.15) is 19.0 Å². The molecule has 1 aromatic rings. The van der Waals surface area contributed by atoms with Crippen LogP contribution in [0.3, 0.4) is 0 Å². The van der Waals surface area contributed by atoms with Crippen molar-refractivity contribution < 1.29 is 23.8 Å². The molecule has 0 saturated heterocycles. The number of carbonyl (C=O) groups excluding carboxylic acids is 2. The third kappa shape index (κ3) is 6.13. The van der Waals surface area contributed by atoms with Gasteiger partial charge in [0.25, 0.3) is 0 Å². The summed E-state index contributed by atoms with van der Waals surface area (Å²) in [5, 5.41) is 0.750. The summed E-state index contributed by atoms with van der Waals surface area (Å²) >= 11 is 17.5. The van der Waals surface area contributed by atoms with E-state index in [2.05, 4.69) is 6.58 Å². The van der Waals surface area contributed by atoms with Crippen LogP contribution in [-0.2, 0) is 19.1 Å². The summed E-state index contributed by atoms with van der Waals surface area (Å²) in [5.74, 6) is -0.981. The Kier molecular flexibility index (Phi) is 7.51. The molecular formula is C14H13Cl3O5. The average molecular weight is 368 g/mol. The van der Waals surface area contributed by atoms with Crippen molar-refractivity contribution in [2.45, 2.75) is 6.92 Å². The summed E-state index contributed by atoms with van der Waals surface area (Å²) in [7, 11) is 0. The van der Waals surface area contributed by atoms with E-state index < -0.39 is 11.9 Å². The first-order valence-electron chi connectivity index (χ1n) is 6.07. The van der Waals surface area contributed by atoms with Crippen molar-refractivity contribution in [2.75, 3.05) is 19.8 Å². The molecule has 0 aromatic heterocycles. The predicted molar refractivity (Wildman–Crippen MR) is 83.7 cm³/mol. The Balaban J connectivity index is 2.33. The number of rotatable bonds is 7. The number of benzene rings is 1. The predicted octanol–water partition coefficient (Wildman–Crippen LogP) is 3.69. The third-order valence-electron chi connectivity index (χ3n) is 2.25. The van der Waals surface area contributed by atoms with Crippen molar-refractivity contribution >= 4 is 46.7 Å². The summed E-state index contributed by atoms with van der Waals surface area (Å²) in [6, 6.07) is 2.80. The Morgan fingerprint density at radius 2 is 1.64 bits per heavy atom. The Bertz CT molecular complexity index is 586. The zero-order valence-corrected chi connectivity index (χ0v) is 13.9. The summed E-state index contributed by atoms with van der Waals surface area (Å²) in [4.78, 5) is 22.5. The second-order valence-electron chi connectivity index (χ2n) is 4.12. The molecule has 120 valence electrons. The number of halogens is 3. The van der Waals surface area contributed by atoms with E-state index in [1.807, 2.05) is 0 Å². The Morgan fingerprint density at radius 1 is 1.05 bits per heavy atom. The highest BCUT2D eigenvalue weighted by atomic mass is 35.5. The molecule has 0 radical (unpaired) electrons. The quantitative estimate of drug-likeness (QED) is 0.318. The van der Waals surface area contributed by atoms with Crippen molar-refractivity contribution in [1.82, 2.24) is 0 Å². The second kappa shape index (κ2) is 8.88. The zero-order valence-electron chi connectivity index (χ0n) is 11.7. The molecule has 0 aliphatic carbocycles. The molecular weight excluding hydrogens is 355 g/mol. The van der Waals surface area contributed by atoms with Gasteiger partial charge in [-0.3, -0.25) is 0 Å². The summed E-state index contributed by atoms with van der Waals surface area (Å²) in [6.07, 6.45) is 0. The lowest BCUT2D eigenvalue weighted by atomic mass is 10.3. The SMILES string of the molecule is C=C(C)C(=O)OCCOC(=O)COc1cc(Cl)c(Cl)cc1Cl. The van der Waals surface area contributed by atoms with Crippen molar-refractivity contribution in [3.05, 3.63) is 39.4 Å². The van der Waals surface area contributed by atoms with Gasteiger partial charge in [-0.2, -0.15) is 0 Å². The maximum Gasteiger partial charge on any atom is 0.344 e. The van der Waals surface area contributed by atoms with Crippen LogP contribution >= 0.6 is 34.8 Å². The van der Waals surface area contributed by atoms with Crippen LogP contribution in [-0.4, -0.2) is 31.8 Å². The van der Waals surface area contributed by atoms with Crippen LogP contribution in [0.1, 0.15) is 6.92 Å². The molecule has 0 spiro atoms. The molecule has 0 bridgehead atoms. The van der Waals surface area contributed by atoms with Gasteiger partial charge < -0.3 is 14.2 Å². The average Bonchev–Trinajstić information content (AvgIpc) is 2.45. The standard InChI is InChI=1S/C14H13Cl3O5/c1-8(2)14(19)21-4-3-20-13(18)7-22-12-6-10(16)9(15)5-11(12)17/h5-6H,1,3-4,7H2,2H3. The molecule has 0 aliphatic heterocycles. The normalized spacial score (nSPS) is 10.0. The van der Waals surface area contributed by atoms with E-state index in [9.17, 15) is 9.59 Å². The van der Waals surface area contributed by atoms with Crippen LogP contribution < -0.4 is 4.74 Å². The van der Waals surface area contributed by atoms with Gasteiger partial charge in [-0.15, -0.1) is 0 Å². The highest BCUT2D eigenvalue weighted by Gasteiger charge is 2.10. The number of ether oxygens (including phenoxy) is 3. The summed E-state index contributed by atoms with van der Waals surface area (Å²) in [6.45, 7) is 4.42. The maximum absolute atomic E-state index is 11.5. The molecule has 0 unspecified atom stereocenters. The number of esters is 2. The van der Waals surface area contributed by atoms with E-state index in [1.165, 1.54) is 19.1 Å². The molecule has 0 atom stereocenters. The molecule has 8 heteroatoms. The minimum Gasteiger partial charge on any atom is -0.480 e. The molecule has 0 fully saturated rings. The summed E-state index contributed by atoms with van der Waals surface area (Å²) in [5.41, 5.74) is 0.268. The van der Waals surface area contributed by atoms with Gasteiger partial charge in [-0.05, 0) is 13.0 Å².